The van der Waals surface area contributed by atoms with E-state index in [9.17, 15) is 14.4 Å². The maximum atomic E-state index is 13.5. The Morgan fingerprint density at radius 1 is 0.606 bits per heavy atom. The standard InChI is InChI=1S/C27H50O6/c1-18(33-27(14,15)24(8,9)20(29)17-31-23(5,6)7)21(30)25(10,11)26(12,13)32-16-19(28)22(2,3)4/h18H,16-17H2,1-15H3. The molecule has 0 saturated heterocycles. The van der Waals surface area contributed by atoms with Crippen molar-refractivity contribution < 1.29 is 28.6 Å². The third kappa shape index (κ3) is 8.25. The number of Topliss-reactive ketones (excluding diaryl/α,β-unsaturated/α-hetero) is 3. The Morgan fingerprint density at radius 3 is 1.42 bits per heavy atom. The van der Waals surface area contributed by atoms with E-state index >= 15 is 0 Å². The molecule has 0 saturated carbocycles. The maximum Gasteiger partial charge on any atom is 0.169 e. The second kappa shape index (κ2) is 10.2. The van der Waals surface area contributed by atoms with Gasteiger partial charge in [-0.2, -0.15) is 0 Å². The molecular weight excluding hydrogens is 420 g/mol. The first kappa shape index (κ1) is 31.9. The van der Waals surface area contributed by atoms with Crippen LogP contribution < -0.4 is 0 Å². The fourth-order valence-corrected chi connectivity index (χ4v) is 2.89. The Labute approximate surface area is 202 Å². The zero-order valence-corrected chi connectivity index (χ0v) is 23.9. The second-order valence-electron chi connectivity index (χ2n) is 13.2. The van der Waals surface area contributed by atoms with E-state index in [4.69, 9.17) is 14.2 Å². The van der Waals surface area contributed by atoms with Crippen molar-refractivity contribution in [3.8, 4) is 0 Å². The van der Waals surface area contributed by atoms with Crippen LogP contribution >= 0.6 is 0 Å². The van der Waals surface area contributed by atoms with E-state index < -0.39 is 39.2 Å². The van der Waals surface area contributed by atoms with Crippen LogP contribution in [0.1, 0.15) is 104 Å². The summed E-state index contributed by atoms with van der Waals surface area (Å²) in [5.41, 5.74) is -4.60. The predicted molar refractivity (Wildman–Crippen MR) is 132 cm³/mol. The molecule has 194 valence electrons. The van der Waals surface area contributed by atoms with Crippen molar-refractivity contribution in [2.75, 3.05) is 13.2 Å². The quantitative estimate of drug-likeness (QED) is 0.370. The Bertz CT molecular complexity index is 714. The zero-order valence-electron chi connectivity index (χ0n) is 23.9. The average molecular weight is 471 g/mol. The summed E-state index contributed by atoms with van der Waals surface area (Å²) in [5, 5.41) is 0. The van der Waals surface area contributed by atoms with Gasteiger partial charge in [0.2, 0.25) is 0 Å². The first-order chi connectivity index (χ1) is 14.3. The fourth-order valence-electron chi connectivity index (χ4n) is 2.89. The molecule has 0 aromatic carbocycles. The van der Waals surface area contributed by atoms with Crippen LogP contribution in [-0.2, 0) is 28.6 Å². The van der Waals surface area contributed by atoms with Crippen LogP contribution in [0.2, 0.25) is 0 Å². The van der Waals surface area contributed by atoms with Gasteiger partial charge >= 0.3 is 0 Å². The predicted octanol–water partition coefficient (Wildman–Crippen LogP) is 5.59. The Kier molecular flexibility index (Phi) is 9.90. The molecule has 0 N–H and O–H groups in total. The molecule has 0 aromatic heterocycles. The first-order valence-electron chi connectivity index (χ1n) is 11.9. The summed E-state index contributed by atoms with van der Waals surface area (Å²) < 4.78 is 17.9. The average Bonchev–Trinajstić information content (AvgIpc) is 2.61. The lowest BCUT2D eigenvalue weighted by atomic mass is 9.71. The van der Waals surface area contributed by atoms with E-state index in [1.54, 1.807) is 20.8 Å². The smallest absolute Gasteiger partial charge is 0.169 e. The molecule has 0 amide bonds. The van der Waals surface area contributed by atoms with E-state index in [-0.39, 0.29) is 30.6 Å². The number of ether oxygens (including phenoxy) is 3. The van der Waals surface area contributed by atoms with E-state index in [2.05, 4.69) is 0 Å². The first-order valence-corrected chi connectivity index (χ1v) is 11.9. The van der Waals surface area contributed by atoms with E-state index in [0.29, 0.717) is 0 Å². The highest BCUT2D eigenvalue weighted by Gasteiger charge is 2.50. The van der Waals surface area contributed by atoms with E-state index in [1.165, 1.54) is 0 Å². The van der Waals surface area contributed by atoms with Gasteiger partial charge in [0.15, 0.2) is 17.3 Å². The van der Waals surface area contributed by atoms with Crippen molar-refractivity contribution in [1.29, 1.82) is 0 Å². The van der Waals surface area contributed by atoms with Crippen LogP contribution in [0, 0.1) is 16.2 Å². The lowest BCUT2D eigenvalue weighted by molar-refractivity contribution is -0.183. The summed E-state index contributed by atoms with van der Waals surface area (Å²) in [4.78, 5) is 38.8. The fraction of sp³-hybridized carbons (Fsp3) is 0.889. The summed E-state index contributed by atoms with van der Waals surface area (Å²) in [6, 6.07) is 0. The van der Waals surface area contributed by atoms with Crippen LogP contribution in [0.5, 0.6) is 0 Å². The van der Waals surface area contributed by atoms with Crippen LogP contribution in [0.15, 0.2) is 0 Å². The number of carbonyl (C=O) groups excluding carboxylic acids is 3. The van der Waals surface area contributed by atoms with Gasteiger partial charge in [-0.1, -0.05) is 48.5 Å². The second-order valence-corrected chi connectivity index (χ2v) is 13.2. The Balaban J connectivity index is 5.49. The molecule has 6 heteroatoms. The van der Waals surface area contributed by atoms with Gasteiger partial charge < -0.3 is 14.2 Å². The third-order valence-electron chi connectivity index (χ3n) is 7.20. The number of hydrogen-bond donors (Lipinski definition) is 0. The zero-order chi connectivity index (χ0) is 26.8. The van der Waals surface area contributed by atoms with Gasteiger partial charge in [0, 0.05) is 5.41 Å². The molecule has 1 atom stereocenters. The minimum absolute atomic E-state index is 0.0259. The number of ketones is 3. The molecule has 0 aliphatic heterocycles. The van der Waals surface area contributed by atoms with Gasteiger partial charge in [-0.05, 0) is 55.4 Å². The minimum atomic E-state index is -0.940. The Hall–Kier alpha value is -1.11. The molecule has 0 aromatic rings. The molecule has 0 aliphatic carbocycles. The van der Waals surface area contributed by atoms with Gasteiger partial charge in [0.05, 0.1) is 27.6 Å². The molecule has 1 unspecified atom stereocenters. The maximum absolute atomic E-state index is 13.5. The number of rotatable bonds is 12. The lowest BCUT2D eigenvalue weighted by Gasteiger charge is -2.45. The summed E-state index contributed by atoms with van der Waals surface area (Å²) in [5.74, 6) is -0.273. The number of carbonyl (C=O) groups is 3. The SMILES string of the molecule is CC(OC(C)(C)C(C)(C)C(=O)COC(C)(C)C)C(=O)C(C)(C)C(C)(C)OCC(=O)C(C)(C)C. The molecular formula is C27H50O6. The molecule has 0 heterocycles. The summed E-state index contributed by atoms with van der Waals surface area (Å²) in [7, 11) is 0. The van der Waals surface area contributed by atoms with Crippen molar-refractivity contribution >= 4 is 17.3 Å². The highest BCUT2D eigenvalue weighted by Crippen LogP contribution is 2.40. The van der Waals surface area contributed by atoms with Crippen molar-refractivity contribution in [1.82, 2.24) is 0 Å². The third-order valence-corrected chi connectivity index (χ3v) is 7.20. The molecule has 0 rings (SSSR count). The molecule has 0 fully saturated rings. The van der Waals surface area contributed by atoms with Crippen molar-refractivity contribution in [2.24, 2.45) is 16.2 Å². The van der Waals surface area contributed by atoms with Crippen molar-refractivity contribution in [3.05, 3.63) is 0 Å². The summed E-state index contributed by atoms with van der Waals surface area (Å²) in [6.07, 6.45) is -0.785. The molecule has 0 aliphatic rings. The molecule has 0 bridgehead atoms. The molecule has 0 radical (unpaired) electrons. The monoisotopic (exact) mass is 470 g/mol. The topological polar surface area (TPSA) is 78.9 Å². The minimum Gasteiger partial charge on any atom is -0.368 e. The van der Waals surface area contributed by atoms with E-state index in [0.717, 1.165) is 0 Å². The Morgan fingerprint density at radius 2 is 1.03 bits per heavy atom. The van der Waals surface area contributed by atoms with Crippen LogP contribution in [0.25, 0.3) is 0 Å². The van der Waals surface area contributed by atoms with Crippen molar-refractivity contribution in [2.45, 2.75) is 127 Å². The van der Waals surface area contributed by atoms with Crippen LogP contribution in [0.3, 0.4) is 0 Å². The highest BCUT2D eigenvalue weighted by molar-refractivity contribution is 5.90. The van der Waals surface area contributed by atoms with Crippen LogP contribution in [0.4, 0.5) is 0 Å². The van der Waals surface area contributed by atoms with Crippen LogP contribution in [-0.4, -0.2) is 53.5 Å². The normalized spacial score (nSPS) is 15.4. The van der Waals surface area contributed by atoms with Gasteiger partial charge in [0.1, 0.15) is 19.3 Å². The van der Waals surface area contributed by atoms with Crippen molar-refractivity contribution in [3.63, 3.8) is 0 Å². The van der Waals surface area contributed by atoms with Gasteiger partial charge in [0.25, 0.3) is 0 Å². The van der Waals surface area contributed by atoms with Gasteiger partial charge in [-0.15, -0.1) is 0 Å². The number of hydrogen-bond acceptors (Lipinski definition) is 6. The van der Waals surface area contributed by atoms with E-state index in [1.807, 2.05) is 83.1 Å². The lowest BCUT2D eigenvalue weighted by Crippen LogP contribution is -2.55. The largest absolute Gasteiger partial charge is 0.368 e. The van der Waals surface area contributed by atoms with Gasteiger partial charge in [-0.3, -0.25) is 14.4 Å². The highest BCUT2D eigenvalue weighted by atomic mass is 16.5. The summed E-state index contributed by atoms with van der Waals surface area (Å²) in [6.45, 7) is 27.3. The summed E-state index contributed by atoms with van der Waals surface area (Å²) >= 11 is 0. The molecule has 6 nitrogen and oxygen atoms in total. The molecule has 33 heavy (non-hydrogen) atoms. The van der Waals surface area contributed by atoms with Gasteiger partial charge in [-0.25, -0.2) is 0 Å². The molecule has 0 spiro atoms.